The van der Waals surface area contributed by atoms with Crippen LogP contribution in [-0.2, 0) is 0 Å². The van der Waals surface area contributed by atoms with Crippen molar-refractivity contribution in [1.29, 1.82) is 0 Å². The molecule has 2 heterocycles. The molecular formula is C14H12N4O3. The summed E-state index contributed by atoms with van der Waals surface area (Å²) in [6.07, 6.45) is 2.92. The largest absolute Gasteiger partial charge is 0.437 e. The maximum Gasteiger partial charge on any atom is 0.336 e. The molecule has 21 heavy (non-hydrogen) atoms. The summed E-state index contributed by atoms with van der Waals surface area (Å²) in [6.45, 7) is 1.85. The molecule has 0 atom stereocenters. The van der Waals surface area contributed by atoms with Crippen LogP contribution in [0.5, 0.6) is 11.6 Å². The van der Waals surface area contributed by atoms with Crippen LogP contribution >= 0.6 is 0 Å². The highest BCUT2D eigenvalue weighted by Crippen LogP contribution is 2.25. The Labute approximate surface area is 119 Å². The van der Waals surface area contributed by atoms with E-state index in [0.29, 0.717) is 17.2 Å². The lowest BCUT2D eigenvalue weighted by atomic mass is 10.1. The summed E-state index contributed by atoms with van der Waals surface area (Å²) in [7, 11) is 0. The second-order valence-corrected chi connectivity index (χ2v) is 4.40. The number of nitrogens with two attached hydrogens (primary N) is 1. The van der Waals surface area contributed by atoms with Gasteiger partial charge in [0.15, 0.2) is 5.82 Å². The maximum absolute atomic E-state index is 11.4. The molecule has 3 N–H and O–H groups in total. The maximum atomic E-state index is 11.4. The fourth-order valence-corrected chi connectivity index (χ4v) is 1.96. The number of benzene rings is 1. The Morgan fingerprint density at radius 1 is 1.29 bits per heavy atom. The molecule has 0 spiro atoms. The second kappa shape index (κ2) is 5.22. The number of aryl methyl sites for hydroxylation is 1. The van der Waals surface area contributed by atoms with Crippen molar-refractivity contribution in [3.63, 3.8) is 0 Å². The van der Waals surface area contributed by atoms with Crippen molar-refractivity contribution in [1.82, 2.24) is 9.97 Å². The van der Waals surface area contributed by atoms with Crippen LogP contribution in [0.4, 0.5) is 5.82 Å². The van der Waals surface area contributed by atoms with E-state index in [1.54, 1.807) is 12.1 Å². The van der Waals surface area contributed by atoms with Gasteiger partial charge in [-0.3, -0.25) is 4.98 Å². The molecule has 7 nitrogen and oxygen atoms in total. The van der Waals surface area contributed by atoms with Crippen LogP contribution < -0.4 is 21.6 Å². The first-order chi connectivity index (χ1) is 10.2. The summed E-state index contributed by atoms with van der Waals surface area (Å²) in [5.74, 6) is 6.41. The Morgan fingerprint density at radius 2 is 2.14 bits per heavy atom. The van der Waals surface area contributed by atoms with Crippen molar-refractivity contribution >= 4 is 16.8 Å². The SMILES string of the molecule is Cc1cc(=O)oc2cc(Oc3cncc(NN)n3)ccc12. The van der Waals surface area contributed by atoms with Gasteiger partial charge in [-0.15, -0.1) is 0 Å². The number of anilines is 1. The molecule has 1 aromatic carbocycles. The summed E-state index contributed by atoms with van der Waals surface area (Å²) in [4.78, 5) is 19.4. The van der Waals surface area contributed by atoms with Crippen LogP contribution in [0.15, 0.2) is 45.9 Å². The topological polar surface area (TPSA) is 103 Å². The number of fused-ring (bicyclic) bond motifs is 1. The zero-order valence-electron chi connectivity index (χ0n) is 11.2. The zero-order chi connectivity index (χ0) is 14.8. The molecule has 3 rings (SSSR count). The van der Waals surface area contributed by atoms with Gasteiger partial charge in [0.2, 0.25) is 5.88 Å². The van der Waals surface area contributed by atoms with Gasteiger partial charge in [-0.2, -0.15) is 4.98 Å². The lowest BCUT2D eigenvalue weighted by Gasteiger charge is -2.07. The Bertz CT molecular complexity index is 860. The molecule has 0 bridgehead atoms. The molecule has 0 radical (unpaired) electrons. The quantitative estimate of drug-likeness (QED) is 0.430. The molecule has 3 aromatic rings. The van der Waals surface area contributed by atoms with Gasteiger partial charge in [0, 0.05) is 17.5 Å². The smallest absolute Gasteiger partial charge is 0.336 e. The van der Waals surface area contributed by atoms with Gasteiger partial charge < -0.3 is 14.6 Å². The molecule has 106 valence electrons. The summed E-state index contributed by atoms with van der Waals surface area (Å²) < 4.78 is 10.7. The van der Waals surface area contributed by atoms with Crippen LogP contribution in [0.3, 0.4) is 0 Å². The lowest BCUT2D eigenvalue weighted by molar-refractivity contribution is 0.459. The van der Waals surface area contributed by atoms with Crippen molar-refractivity contribution in [2.45, 2.75) is 6.92 Å². The van der Waals surface area contributed by atoms with Gasteiger partial charge >= 0.3 is 5.63 Å². The number of rotatable bonds is 3. The fourth-order valence-electron chi connectivity index (χ4n) is 1.96. The van der Waals surface area contributed by atoms with Gasteiger partial charge in [0.25, 0.3) is 0 Å². The number of hydrazine groups is 1. The van der Waals surface area contributed by atoms with E-state index >= 15 is 0 Å². The summed E-state index contributed by atoms with van der Waals surface area (Å²) in [5.41, 5.74) is 3.29. The molecular weight excluding hydrogens is 272 g/mol. The molecule has 2 aromatic heterocycles. The highest BCUT2D eigenvalue weighted by molar-refractivity contribution is 5.81. The highest BCUT2D eigenvalue weighted by atomic mass is 16.5. The number of aromatic nitrogens is 2. The molecule has 0 aliphatic carbocycles. The van der Waals surface area contributed by atoms with Crippen LogP contribution in [0.25, 0.3) is 11.0 Å². The Hall–Kier alpha value is -2.93. The summed E-state index contributed by atoms with van der Waals surface area (Å²) in [5, 5.41) is 0.852. The molecule has 0 fully saturated rings. The predicted molar refractivity (Wildman–Crippen MR) is 77.1 cm³/mol. The number of hydrogen-bond donors (Lipinski definition) is 2. The van der Waals surface area contributed by atoms with Gasteiger partial charge in [-0.25, -0.2) is 10.6 Å². The first-order valence-electron chi connectivity index (χ1n) is 6.17. The first-order valence-corrected chi connectivity index (χ1v) is 6.17. The number of nitrogen functional groups attached to an aromatic ring is 1. The van der Waals surface area contributed by atoms with E-state index in [-0.39, 0.29) is 5.88 Å². The van der Waals surface area contributed by atoms with Gasteiger partial charge in [0.1, 0.15) is 11.3 Å². The monoisotopic (exact) mass is 284 g/mol. The van der Waals surface area contributed by atoms with Gasteiger partial charge in [0.05, 0.1) is 12.4 Å². The Morgan fingerprint density at radius 3 is 2.95 bits per heavy atom. The standard InChI is InChI=1S/C14H12N4O3/c1-8-4-14(19)21-11-5-9(2-3-10(8)11)20-13-7-16-6-12(17-13)18-15/h2-7H,15H2,1H3,(H,17,18). The number of nitrogens with zero attached hydrogens (tertiary/aromatic N) is 2. The first kappa shape index (κ1) is 13.1. The van der Waals surface area contributed by atoms with Crippen LogP contribution in [0.1, 0.15) is 5.56 Å². The third-order valence-corrected chi connectivity index (χ3v) is 2.91. The van der Waals surface area contributed by atoms with Crippen LogP contribution in [0, 0.1) is 6.92 Å². The van der Waals surface area contributed by atoms with E-state index in [1.807, 2.05) is 13.0 Å². The highest BCUT2D eigenvalue weighted by Gasteiger charge is 2.06. The molecule has 0 aliphatic rings. The molecule has 0 saturated carbocycles. The van der Waals surface area contributed by atoms with E-state index < -0.39 is 5.63 Å². The summed E-state index contributed by atoms with van der Waals surface area (Å²) >= 11 is 0. The molecule has 0 aliphatic heterocycles. The van der Waals surface area contributed by atoms with Crippen molar-refractivity contribution in [2.24, 2.45) is 5.84 Å². The van der Waals surface area contributed by atoms with E-state index in [0.717, 1.165) is 10.9 Å². The minimum Gasteiger partial charge on any atom is -0.437 e. The van der Waals surface area contributed by atoms with Crippen molar-refractivity contribution in [3.05, 3.63) is 52.6 Å². The van der Waals surface area contributed by atoms with E-state index in [4.69, 9.17) is 15.0 Å². The van der Waals surface area contributed by atoms with E-state index in [9.17, 15) is 4.79 Å². The predicted octanol–water partition coefficient (Wildman–Crippen LogP) is 1.97. The average Bonchev–Trinajstić information content (AvgIpc) is 2.47. The van der Waals surface area contributed by atoms with Crippen molar-refractivity contribution < 1.29 is 9.15 Å². The normalized spacial score (nSPS) is 10.6. The van der Waals surface area contributed by atoms with Crippen molar-refractivity contribution in [3.8, 4) is 11.6 Å². The third-order valence-electron chi connectivity index (χ3n) is 2.91. The fraction of sp³-hybridized carbons (Fsp3) is 0.0714. The Balaban J connectivity index is 1.99. The number of ether oxygens (including phenoxy) is 1. The van der Waals surface area contributed by atoms with Crippen molar-refractivity contribution in [2.75, 3.05) is 5.43 Å². The summed E-state index contributed by atoms with van der Waals surface area (Å²) in [6, 6.07) is 6.67. The van der Waals surface area contributed by atoms with Gasteiger partial charge in [-0.1, -0.05) is 0 Å². The second-order valence-electron chi connectivity index (χ2n) is 4.40. The molecule has 7 heteroatoms. The molecule has 0 amide bonds. The van der Waals surface area contributed by atoms with E-state index in [1.165, 1.54) is 18.5 Å². The lowest BCUT2D eigenvalue weighted by Crippen LogP contribution is -2.09. The van der Waals surface area contributed by atoms with Gasteiger partial charge in [-0.05, 0) is 24.6 Å². The zero-order valence-corrected chi connectivity index (χ0v) is 11.2. The van der Waals surface area contributed by atoms with Crippen LogP contribution in [-0.4, -0.2) is 9.97 Å². The van der Waals surface area contributed by atoms with E-state index in [2.05, 4.69) is 15.4 Å². The minimum absolute atomic E-state index is 0.278. The minimum atomic E-state index is -0.397. The number of hydrogen-bond acceptors (Lipinski definition) is 7. The number of nitrogens with one attached hydrogen (secondary N) is 1. The Kier molecular flexibility index (Phi) is 3.25. The van der Waals surface area contributed by atoms with Crippen LogP contribution in [0.2, 0.25) is 0 Å². The third kappa shape index (κ3) is 2.67. The average molecular weight is 284 g/mol. The molecule has 0 saturated heterocycles. The molecule has 0 unspecified atom stereocenters.